The van der Waals surface area contributed by atoms with E-state index in [1.807, 2.05) is 31.5 Å². The minimum absolute atomic E-state index is 0.0403. The van der Waals surface area contributed by atoms with Gasteiger partial charge in [-0.3, -0.25) is 19.9 Å². The Balaban J connectivity index is 1.31. The van der Waals surface area contributed by atoms with Gasteiger partial charge in [-0.25, -0.2) is 0 Å². The first-order chi connectivity index (χ1) is 16.4. The number of pyridine rings is 2. The topological polar surface area (TPSA) is 101 Å². The fourth-order valence-electron chi connectivity index (χ4n) is 4.10. The summed E-state index contributed by atoms with van der Waals surface area (Å²) in [7, 11) is 0. The number of aryl methyl sites for hydroxylation is 1. The number of piperazine rings is 1. The van der Waals surface area contributed by atoms with Gasteiger partial charge in [0.25, 0.3) is 0 Å². The Morgan fingerprint density at radius 2 is 1.94 bits per heavy atom. The third-order valence-electron chi connectivity index (χ3n) is 6.08. The lowest BCUT2D eigenvalue weighted by Crippen LogP contribution is -2.46. The zero-order chi connectivity index (χ0) is 24.0. The van der Waals surface area contributed by atoms with Crippen molar-refractivity contribution < 1.29 is 9.47 Å². The second-order valence-electron chi connectivity index (χ2n) is 9.67. The molecule has 2 aromatic rings. The lowest BCUT2D eigenvalue weighted by molar-refractivity contribution is -0.215. The molecule has 0 bridgehead atoms. The van der Waals surface area contributed by atoms with Gasteiger partial charge in [0, 0.05) is 44.3 Å². The largest absolute Gasteiger partial charge is 0.368 e. The zero-order valence-corrected chi connectivity index (χ0v) is 20.4. The van der Waals surface area contributed by atoms with Crippen LogP contribution in [0.2, 0.25) is 0 Å². The zero-order valence-electron chi connectivity index (χ0n) is 20.4. The Morgan fingerprint density at radius 1 is 1.18 bits per heavy atom. The number of ether oxygens (including phenoxy) is 2. The van der Waals surface area contributed by atoms with Crippen LogP contribution in [0.15, 0.2) is 46.8 Å². The maximum Gasteiger partial charge on any atom is 0.176 e. The fraction of sp³-hybridized carbons (Fsp3) is 0.520. The molecule has 0 aromatic carbocycles. The summed E-state index contributed by atoms with van der Waals surface area (Å²) in [4.78, 5) is 18.3. The van der Waals surface area contributed by atoms with Crippen molar-refractivity contribution in [1.82, 2.24) is 14.9 Å². The predicted molar refractivity (Wildman–Crippen MR) is 134 cm³/mol. The van der Waals surface area contributed by atoms with Gasteiger partial charge in [-0.05, 0) is 30.7 Å². The van der Waals surface area contributed by atoms with E-state index in [-0.39, 0.29) is 11.7 Å². The number of hydrogen-bond acceptors (Lipinski definition) is 9. The summed E-state index contributed by atoms with van der Waals surface area (Å²) in [5.41, 5.74) is 4.54. The van der Waals surface area contributed by atoms with Gasteiger partial charge in [0.1, 0.15) is 5.71 Å². The normalized spacial score (nSPS) is 20.2. The van der Waals surface area contributed by atoms with Crippen LogP contribution in [-0.2, 0) is 16.0 Å². The molecule has 2 aliphatic rings. The Morgan fingerprint density at radius 3 is 2.59 bits per heavy atom. The second-order valence-corrected chi connectivity index (χ2v) is 9.67. The number of aliphatic imine (C=N–C) groups is 1. The summed E-state index contributed by atoms with van der Waals surface area (Å²) in [5, 5.41) is 3.91. The van der Waals surface area contributed by atoms with Crippen LogP contribution in [0.5, 0.6) is 0 Å². The standard InChI is InChI=1S/C25H35N7O2/c1-19-12-21(32-10-8-31(9-11-32)16-20-6-4-5-7-28-20)13-29-24(19)22(30-26)14-27-15-23-33-17-25(2,3)18-34-23/h4-7,12-14,23H,8-11,15-18,26H2,1-3H3/b27-14?,30-22+. The van der Waals surface area contributed by atoms with E-state index in [9.17, 15) is 0 Å². The molecule has 9 nitrogen and oxygen atoms in total. The highest BCUT2D eigenvalue weighted by Crippen LogP contribution is 2.23. The molecule has 182 valence electrons. The number of rotatable bonds is 7. The van der Waals surface area contributed by atoms with E-state index in [0.717, 1.165) is 55.4 Å². The van der Waals surface area contributed by atoms with Crippen LogP contribution in [0.25, 0.3) is 0 Å². The molecule has 2 aliphatic heterocycles. The van der Waals surface area contributed by atoms with Crippen LogP contribution in [0.1, 0.15) is 30.8 Å². The Hall–Kier alpha value is -2.88. The first kappa shape index (κ1) is 24.3. The molecule has 9 heteroatoms. The fourth-order valence-corrected chi connectivity index (χ4v) is 4.10. The van der Waals surface area contributed by atoms with Crippen LogP contribution in [-0.4, -0.2) is 79.0 Å². The van der Waals surface area contributed by atoms with Gasteiger partial charge in [-0.1, -0.05) is 19.9 Å². The molecule has 0 unspecified atom stereocenters. The Labute approximate surface area is 201 Å². The van der Waals surface area contributed by atoms with Gasteiger partial charge in [0.05, 0.1) is 49.2 Å². The van der Waals surface area contributed by atoms with Gasteiger partial charge < -0.3 is 20.2 Å². The van der Waals surface area contributed by atoms with E-state index >= 15 is 0 Å². The van der Waals surface area contributed by atoms with Crippen molar-refractivity contribution in [2.24, 2.45) is 21.4 Å². The van der Waals surface area contributed by atoms with Gasteiger partial charge in [0.2, 0.25) is 0 Å². The lowest BCUT2D eigenvalue weighted by Gasteiger charge is -2.36. The summed E-state index contributed by atoms with van der Waals surface area (Å²) in [6, 6.07) is 8.21. The minimum atomic E-state index is -0.337. The molecule has 0 atom stereocenters. The van der Waals surface area contributed by atoms with Crippen molar-refractivity contribution in [3.8, 4) is 0 Å². The predicted octanol–water partition coefficient (Wildman–Crippen LogP) is 2.24. The van der Waals surface area contributed by atoms with Crippen LogP contribution < -0.4 is 10.7 Å². The Kier molecular flexibility index (Phi) is 7.87. The number of aromatic nitrogens is 2. The average Bonchev–Trinajstić information content (AvgIpc) is 2.84. The highest BCUT2D eigenvalue weighted by atomic mass is 16.7. The number of nitrogens with zero attached hydrogens (tertiary/aromatic N) is 6. The van der Waals surface area contributed by atoms with Gasteiger partial charge >= 0.3 is 0 Å². The summed E-state index contributed by atoms with van der Waals surface area (Å²) in [6.07, 6.45) is 5.06. The average molecular weight is 466 g/mol. The van der Waals surface area contributed by atoms with Crippen LogP contribution in [0.3, 0.4) is 0 Å². The van der Waals surface area contributed by atoms with Crippen molar-refractivity contribution >= 4 is 17.6 Å². The number of nitrogens with two attached hydrogens (primary N) is 1. The first-order valence-corrected chi connectivity index (χ1v) is 11.8. The number of hydrazone groups is 1. The van der Waals surface area contributed by atoms with E-state index in [1.165, 1.54) is 0 Å². The van der Waals surface area contributed by atoms with Crippen LogP contribution in [0.4, 0.5) is 5.69 Å². The molecule has 0 aliphatic carbocycles. The molecule has 2 N–H and O–H groups in total. The van der Waals surface area contributed by atoms with Crippen LogP contribution in [0, 0.1) is 12.3 Å². The highest BCUT2D eigenvalue weighted by molar-refractivity contribution is 6.37. The summed E-state index contributed by atoms with van der Waals surface area (Å²) >= 11 is 0. The maximum absolute atomic E-state index is 5.73. The lowest BCUT2D eigenvalue weighted by atomic mass is 9.96. The SMILES string of the molecule is Cc1cc(N2CCN(Cc3ccccn3)CC2)cnc1/C(C=NCC1OCC(C)(C)CO1)=N/N. The van der Waals surface area contributed by atoms with E-state index < -0.39 is 0 Å². The highest BCUT2D eigenvalue weighted by Gasteiger charge is 2.28. The molecule has 4 rings (SSSR count). The van der Waals surface area contributed by atoms with E-state index in [4.69, 9.17) is 15.3 Å². The Bertz CT molecular complexity index is 992. The number of hydrogen-bond donors (Lipinski definition) is 1. The molecule has 0 radical (unpaired) electrons. The summed E-state index contributed by atoms with van der Waals surface area (Å²) in [6.45, 7) is 12.7. The molecule has 2 fully saturated rings. The third-order valence-corrected chi connectivity index (χ3v) is 6.08. The second kappa shape index (κ2) is 11.0. The smallest absolute Gasteiger partial charge is 0.176 e. The molecule has 0 amide bonds. The third kappa shape index (κ3) is 6.37. The van der Waals surface area contributed by atoms with Crippen molar-refractivity contribution in [2.45, 2.75) is 33.6 Å². The van der Waals surface area contributed by atoms with E-state index in [0.29, 0.717) is 25.5 Å². The number of anilines is 1. The molecule has 4 heterocycles. The monoisotopic (exact) mass is 465 g/mol. The molecule has 0 saturated carbocycles. The minimum Gasteiger partial charge on any atom is -0.368 e. The quantitative estimate of drug-likeness (QED) is 0.380. The van der Waals surface area contributed by atoms with Gasteiger partial charge in [-0.15, -0.1) is 0 Å². The first-order valence-electron chi connectivity index (χ1n) is 11.8. The van der Waals surface area contributed by atoms with Crippen molar-refractivity contribution in [3.05, 3.63) is 53.6 Å². The van der Waals surface area contributed by atoms with Crippen LogP contribution >= 0.6 is 0 Å². The van der Waals surface area contributed by atoms with Crippen molar-refractivity contribution in [3.63, 3.8) is 0 Å². The molecule has 0 spiro atoms. The van der Waals surface area contributed by atoms with E-state index in [2.05, 4.69) is 55.8 Å². The maximum atomic E-state index is 5.73. The van der Waals surface area contributed by atoms with Crippen molar-refractivity contribution in [1.29, 1.82) is 0 Å². The molecule has 34 heavy (non-hydrogen) atoms. The molecular weight excluding hydrogens is 430 g/mol. The summed E-state index contributed by atoms with van der Waals surface area (Å²) < 4.78 is 11.5. The molecule has 2 aromatic heterocycles. The van der Waals surface area contributed by atoms with Gasteiger partial charge in [0.15, 0.2) is 6.29 Å². The van der Waals surface area contributed by atoms with E-state index in [1.54, 1.807) is 6.21 Å². The van der Waals surface area contributed by atoms with Gasteiger partial charge in [-0.2, -0.15) is 5.10 Å². The summed E-state index contributed by atoms with van der Waals surface area (Å²) in [5.74, 6) is 5.66. The molecule has 2 saturated heterocycles. The molecular formula is C25H35N7O2. The van der Waals surface area contributed by atoms with Crippen molar-refractivity contribution in [2.75, 3.05) is 50.8 Å².